The normalized spacial score (nSPS) is 43.6. The number of aliphatic hydroxyl groups excluding tert-OH is 1. The molecule has 3 nitrogen and oxygen atoms in total. The van der Waals surface area contributed by atoms with Gasteiger partial charge in [0.2, 0.25) is 0 Å². The Balaban J connectivity index is 2.32. The minimum atomic E-state index is -1.10. The first-order valence-electron chi connectivity index (χ1n) is 7.35. The minimum Gasteiger partial charge on any atom is -0.390 e. The maximum Gasteiger partial charge on any atom is 0.106 e. The Kier molecular flexibility index (Phi) is 3.62. The second-order valence-corrected chi connectivity index (χ2v) is 7.64. The number of rotatable bonds is 1. The lowest BCUT2D eigenvalue weighted by atomic mass is 9.61. The van der Waals surface area contributed by atoms with Crippen LogP contribution >= 0.6 is 0 Å². The highest BCUT2D eigenvalue weighted by molar-refractivity contribution is 5.28. The molecule has 19 heavy (non-hydrogen) atoms. The molecule has 0 aromatic rings. The van der Waals surface area contributed by atoms with E-state index in [9.17, 15) is 10.2 Å². The summed E-state index contributed by atoms with van der Waals surface area (Å²) in [4.78, 5) is 0. The zero-order chi connectivity index (χ0) is 14.5. The van der Waals surface area contributed by atoms with Gasteiger partial charge in [-0.25, -0.2) is 0 Å². The van der Waals surface area contributed by atoms with Gasteiger partial charge in [-0.2, -0.15) is 0 Å². The van der Waals surface area contributed by atoms with Gasteiger partial charge in [-0.1, -0.05) is 18.6 Å². The molecule has 0 spiro atoms. The molecule has 4 atom stereocenters. The number of aliphatic hydroxyl groups is 2. The van der Waals surface area contributed by atoms with Crippen LogP contribution in [0.4, 0.5) is 0 Å². The summed E-state index contributed by atoms with van der Waals surface area (Å²) >= 11 is 0. The average molecular weight is 268 g/mol. The van der Waals surface area contributed by atoms with Gasteiger partial charge in [0.15, 0.2) is 0 Å². The van der Waals surface area contributed by atoms with Gasteiger partial charge in [-0.3, -0.25) is 0 Å². The minimum absolute atomic E-state index is 0.123. The van der Waals surface area contributed by atoms with Crippen molar-refractivity contribution in [2.45, 2.75) is 83.7 Å². The summed E-state index contributed by atoms with van der Waals surface area (Å²) in [6.45, 7) is 10.1. The predicted octanol–water partition coefficient (Wildman–Crippen LogP) is 2.80. The van der Waals surface area contributed by atoms with Crippen LogP contribution < -0.4 is 0 Å². The number of hydrogen-bond acceptors (Lipinski definition) is 3. The van der Waals surface area contributed by atoms with Crippen LogP contribution in [0.1, 0.15) is 60.3 Å². The van der Waals surface area contributed by atoms with Gasteiger partial charge < -0.3 is 14.9 Å². The molecule has 0 bridgehead atoms. The van der Waals surface area contributed by atoms with Crippen LogP contribution in [0.15, 0.2) is 11.6 Å². The Hall–Kier alpha value is -0.380. The van der Waals surface area contributed by atoms with Crippen molar-refractivity contribution >= 4 is 0 Å². The molecular weight excluding hydrogens is 240 g/mol. The maximum absolute atomic E-state index is 10.2. The summed E-state index contributed by atoms with van der Waals surface area (Å²) in [5.41, 5.74) is -0.171. The summed E-state index contributed by atoms with van der Waals surface area (Å²) in [6.07, 6.45) is 4.98. The Labute approximate surface area is 116 Å². The number of fused-ring (bicyclic) bond motifs is 1. The third kappa shape index (κ3) is 2.88. The van der Waals surface area contributed by atoms with Crippen LogP contribution in [0.3, 0.4) is 0 Å². The van der Waals surface area contributed by atoms with E-state index in [1.165, 1.54) is 5.57 Å². The summed E-state index contributed by atoms with van der Waals surface area (Å²) in [7, 11) is 0. The molecule has 2 aliphatic carbocycles. The highest BCUT2D eigenvalue weighted by Crippen LogP contribution is 2.51. The average Bonchev–Trinajstić information content (AvgIpc) is 2.20. The van der Waals surface area contributed by atoms with E-state index < -0.39 is 11.7 Å². The molecule has 0 amide bonds. The molecule has 2 N–H and O–H groups in total. The fourth-order valence-corrected chi connectivity index (χ4v) is 3.46. The summed E-state index contributed by atoms with van der Waals surface area (Å²) in [5.74, 6) is 0. The van der Waals surface area contributed by atoms with Gasteiger partial charge >= 0.3 is 0 Å². The lowest BCUT2D eigenvalue weighted by Gasteiger charge is -2.51. The van der Waals surface area contributed by atoms with E-state index in [4.69, 9.17) is 4.74 Å². The number of hydrogen-bond donors (Lipinski definition) is 2. The molecule has 1 fully saturated rings. The van der Waals surface area contributed by atoms with Crippen LogP contribution in [0.5, 0.6) is 0 Å². The van der Waals surface area contributed by atoms with Gasteiger partial charge in [0.1, 0.15) is 5.60 Å². The first kappa shape index (κ1) is 15.0. The van der Waals surface area contributed by atoms with E-state index in [1.54, 1.807) is 6.92 Å². The maximum atomic E-state index is 10.2. The quantitative estimate of drug-likeness (QED) is 0.719. The molecule has 110 valence electrons. The lowest BCUT2D eigenvalue weighted by molar-refractivity contribution is -0.142. The largest absolute Gasteiger partial charge is 0.390 e. The van der Waals surface area contributed by atoms with Crippen molar-refractivity contribution in [2.24, 2.45) is 5.41 Å². The van der Waals surface area contributed by atoms with Crippen molar-refractivity contribution in [1.82, 2.24) is 0 Å². The predicted molar refractivity (Wildman–Crippen MR) is 75.9 cm³/mol. The Bertz CT molecular complexity index is 378. The van der Waals surface area contributed by atoms with Gasteiger partial charge in [0.25, 0.3) is 0 Å². The summed E-state index contributed by atoms with van der Waals surface area (Å²) in [5, 5.41) is 20.5. The molecule has 0 radical (unpaired) electrons. The van der Waals surface area contributed by atoms with Crippen LogP contribution in [0.2, 0.25) is 0 Å². The van der Waals surface area contributed by atoms with Crippen LogP contribution in [-0.4, -0.2) is 33.6 Å². The van der Waals surface area contributed by atoms with Crippen molar-refractivity contribution in [3.05, 3.63) is 11.6 Å². The molecule has 1 unspecified atom stereocenters. The molecule has 0 heterocycles. The summed E-state index contributed by atoms with van der Waals surface area (Å²) in [6, 6.07) is 0. The molecule has 2 aliphatic rings. The third-order valence-electron chi connectivity index (χ3n) is 4.61. The SMILES string of the molecule is CC(C)(C)O[C@H]1CCCC2=CC(C)(O)[C@@H](O)C[C@@]21C. The van der Waals surface area contributed by atoms with Crippen LogP contribution in [0, 0.1) is 5.41 Å². The topological polar surface area (TPSA) is 49.7 Å². The van der Waals surface area contributed by atoms with E-state index in [2.05, 4.69) is 27.7 Å². The molecule has 2 rings (SSSR count). The smallest absolute Gasteiger partial charge is 0.106 e. The van der Waals surface area contributed by atoms with Crippen LogP contribution in [0.25, 0.3) is 0 Å². The monoisotopic (exact) mass is 268 g/mol. The molecule has 0 aromatic heterocycles. The van der Waals surface area contributed by atoms with Gasteiger partial charge in [-0.05, 0) is 53.4 Å². The van der Waals surface area contributed by atoms with Crippen molar-refractivity contribution < 1.29 is 14.9 Å². The van der Waals surface area contributed by atoms with Gasteiger partial charge in [0, 0.05) is 5.41 Å². The highest BCUT2D eigenvalue weighted by Gasteiger charge is 2.50. The Morgan fingerprint density at radius 3 is 2.53 bits per heavy atom. The fraction of sp³-hybridized carbons (Fsp3) is 0.875. The van der Waals surface area contributed by atoms with E-state index in [-0.39, 0.29) is 17.1 Å². The van der Waals surface area contributed by atoms with Gasteiger partial charge in [-0.15, -0.1) is 0 Å². The third-order valence-corrected chi connectivity index (χ3v) is 4.61. The second-order valence-electron chi connectivity index (χ2n) is 7.64. The zero-order valence-corrected chi connectivity index (χ0v) is 12.9. The van der Waals surface area contributed by atoms with E-state index in [0.29, 0.717) is 6.42 Å². The molecule has 3 heteroatoms. The zero-order valence-electron chi connectivity index (χ0n) is 12.9. The Morgan fingerprint density at radius 1 is 1.32 bits per heavy atom. The molecule has 0 aromatic carbocycles. The molecule has 0 aliphatic heterocycles. The van der Waals surface area contributed by atoms with Crippen molar-refractivity contribution in [1.29, 1.82) is 0 Å². The first-order valence-corrected chi connectivity index (χ1v) is 7.35. The second kappa shape index (κ2) is 4.57. The summed E-state index contributed by atoms with van der Waals surface area (Å²) < 4.78 is 6.23. The fourth-order valence-electron chi connectivity index (χ4n) is 3.46. The van der Waals surface area contributed by atoms with Crippen molar-refractivity contribution in [2.75, 3.05) is 0 Å². The van der Waals surface area contributed by atoms with E-state index in [0.717, 1.165) is 19.3 Å². The first-order chi connectivity index (χ1) is 8.55. The molecule has 0 saturated heterocycles. The van der Waals surface area contributed by atoms with Gasteiger partial charge in [0.05, 0.1) is 17.8 Å². The lowest BCUT2D eigenvalue weighted by Crippen LogP contribution is -2.53. The van der Waals surface area contributed by atoms with E-state index >= 15 is 0 Å². The standard InChI is InChI=1S/C16H28O3/c1-14(2,3)19-13-8-6-7-11-9-16(5,18)12(17)10-15(11,13)4/h9,12-13,17-18H,6-8,10H2,1-5H3/t12-,13-,15-,16?/m0/s1. The van der Waals surface area contributed by atoms with Crippen molar-refractivity contribution in [3.63, 3.8) is 0 Å². The van der Waals surface area contributed by atoms with Crippen LogP contribution in [-0.2, 0) is 4.74 Å². The highest BCUT2D eigenvalue weighted by atomic mass is 16.5. The molecule has 1 saturated carbocycles. The van der Waals surface area contributed by atoms with Crippen molar-refractivity contribution in [3.8, 4) is 0 Å². The number of ether oxygens (including phenoxy) is 1. The molecular formula is C16H28O3. The Morgan fingerprint density at radius 2 is 1.95 bits per heavy atom. The van der Waals surface area contributed by atoms with E-state index in [1.807, 2.05) is 6.08 Å².